The SMILES string of the molecule is O=c1cc(C2CCCN(Cc3ccccc3)C2)nc(N2CCOCC2)[nH]1. The summed E-state index contributed by atoms with van der Waals surface area (Å²) in [4.78, 5) is 24.5. The summed E-state index contributed by atoms with van der Waals surface area (Å²) in [6.45, 7) is 5.93. The predicted molar refractivity (Wildman–Crippen MR) is 102 cm³/mol. The maximum atomic E-state index is 12.2. The number of ether oxygens (including phenoxy) is 1. The summed E-state index contributed by atoms with van der Waals surface area (Å²) in [5.41, 5.74) is 2.20. The lowest BCUT2D eigenvalue weighted by Crippen LogP contribution is -2.39. The molecule has 0 aliphatic carbocycles. The zero-order chi connectivity index (χ0) is 17.8. The average molecular weight is 354 g/mol. The van der Waals surface area contributed by atoms with Crippen LogP contribution in [0.1, 0.15) is 30.0 Å². The van der Waals surface area contributed by atoms with E-state index < -0.39 is 0 Å². The van der Waals surface area contributed by atoms with Crippen molar-refractivity contribution in [2.24, 2.45) is 0 Å². The molecule has 4 rings (SSSR count). The highest BCUT2D eigenvalue weighted by atomic mass is 16.5. The number of anilines is 1. The van der Waals surface area contributed by atoms with Gasteiger partial charge in [-0.15, -0.1) is 0 Å². The van der Waals surface area contributed by atoms with Crippen LogP contribution in [0.4, 0.5) is 5.95 Å². The van der Waals surface area contributed by atoms with E-state index in [1.807, 2.05) is 0 Å². The van der Waals surface area contributed by atoms with E-state index >= 15 is 0 Å². The molecule has 0 bridgehead atoms. The van der Waals surface area contributed by atoms with E-state index in [0.29, 0.717) is 25.1 Å². The molecule has 0 saturated carbocycles. The summed E-state index contributed by atoms with van der Waals surface area (Å²) in [6, 6.07) is 12.3. The molecule has 1 aromatic carbocycles. The van der Waals surface area contributed by atoms with Gasteiger partial charge >= 0.3 is 0 Å². The third kappa shape index (κ3) is 4.14. The van der Waals surface area contributed by atoms with Gasteiger partial charge < -0.3 is 9.64 Å². The first-order valence-corrected chi connectivity index (χ1v) is 9.48. The van der Waals surface area contributed by atoms with Gasteiger partial charge in [0.25, 0.3) is 5.56 Å². The zero-order valence-electron chi connectivity index (χ0n) is 15.1. The van der Waals surface area contributed by atoms with E-state index in [-0.39, 0.29) is 5.56 Å². The van der Waals surface area contributed by atoms with E-state index in [2.05, 4.69) is 45.1 Å². The van der Waals surface area contributed by atoms with Crippen molar-refractivity contribution < 1.29 is 4.74 Å². The highest BCUT2D eigenvalue weighted by molar-refractivity contribution is 5.31. The lowest BCUT2D eigenvalue weighted by Gasteiger charge is -2.33. The Balaban J connectivity index is 1.49. The van der Waals surface area contributed by atoms with Crippen LogP contribution in [0.5, 0.6) is 0 Å². The second-order valence-electron chi connectivity index (χ2n) is 7.15. The molecule has 2 aliphatic rings. The molecule has 6 heteroatoms. The minimum atomic E-state index is -0.0586. The van der Waals surface area contributed by atoms with E-state index in [1.54, 1.807) is 6.07 Å². The summed E-state index contributed by atoms with van der Waals surface area (Å²) >= 11 is 0. The van der Waals surface area contributed by atoms with E-state index in [4.69, 9.17) is 9.72 Å². The molecule has 0 radical (unpaired) electrons. The lowest BCUT2D eigenvalue weighted by molar-refractivity contribution is 0.122. The molecule has 2 fully saturated rings. The summed E-state index contributed by atoms with van der Waals surface area (Å²) in [5.74, 6) is 1.01. The molecule has 3 heterocycles. The summed E-state index contributed by atoms with van der Waals surface area (Å²) in [5, 5.41) is 0. The Labute approximate surface area is 153 Å². The number of morpholine rings is 1. The first-order valence-electron chi connectivity index (χ1n) is 9.48. The molecule has 1 atom stereocenters. The second-order valence-corrected chi connectivity index (χ2v) is 7.15. The number of nitrogens with one attached hydrogen (secondary N) is 1. The van der Waals surface area contributed by atoms with E-state index in [0.717, 1.165) is 51.3 Å². The maximum Gasteiger partial charge on any atom is 0.252 e. The summed E-state index contributed by atoms with van der Waals surface area (Å²) < 4.78 is 5.40. The molecule has 2 aromatic rings. The number of aromatic nitrogens is 2. The van der Waals surface area contributed by atoms with Gasteiger partial charge in [0, 0.05) is 38.2 Å². The Morgan fingerprint density at radius 3 is 2.77 bits per heavy atom. The number of hydrogen-bond acceptors (Lipinski definition) is 5. The number of hydrogen-bond donors (Lipinski definition) is 1. The second kappa shape index (κ2) is 8.01. The zero-order valence-corrected chi connectivity index (χ0v) is 15.1. The van der Waals surface area contributed by atoms with Gasteiger partial charge in [0.2, 0.25) is 5.95 Å². The summed E-state index contributed by atoms with van der Waals surface area (Å²) in [7, 11) is 0. The number of rotatable bonds is 4. The van der Waals surface area contributed by atoms with Gasteiger partial charge in [-0.05, 0) is 24.9 Å². The Morgan fingerprint density at radius 1 is 1.15 bits per heavy atom. The van der Waals surface area contributed by atoms with Gasteiger partial charge in [-0.3, -0.25) is 14.7 Å². The molecule has 2 aliphatic heterocycles. The minimum Gasteiger partial charge on any atom is -0.378 e. The van der Waals surface area contributed by atoms with Gasteiger partial charge in [-0.1, -0.05) is 30.3 Å². The lowest BCUT2D eigenvalue weighted by atomic mass is 9.94. The van der Waals surface area contributed by atoms with E-state index in [9.17, 15) is 4.79 Å². The molecule has 2 saturated heterocycles. The average Bonchev–Trinajstić information content (AvgIpc) is 2.69. The fourth-order valence-corrected chi connectivity index (χ4v) is 3.88. The number of nitrogens with zero attached hydrogens (tertiary/aromatic N) is 3. The monoisotopic (exact) mass is 354 g/mol. The van der Waals surface area contributed by atoms with Crippen LogP contribution in [0, 0.1) is 0 Å². The maximum absolute atomic E-state index is 12.2. The molecular weight excluding hydrogens is 328 g/mol. The largest absolute Gasteiger partial charge is 0.378 e. The Kier molecular flexibility index (Phi) is 5.32. The normalized spacial score (nSPS) is 21.7. The molecular formula is C20H26N4O2. The van der Waals surface area contributed by atoms with Gasteiger partial charge in [-0.25, -0.2) is 4.98 Å². The Hall–Kier alpha value is -2.18. The van der Waals surface area contributed by atoms with Crippen molar-refractivity contribution in [3.63, 3.8) is 0 Å². The fourth-order valence-electron chi connectivity index (χ4n) is 3.88. The minimum absolute atomic E-state index is 0.0586. The molecule has 0 amide bonds. The number of likely N-dealkylation sites (tertiary alicyclic amines) is 1. The van der Waals surface area contributed by atoms with Crippen molar-refractivity contribution in [1.29, 1.82) is 0 Å². The molecule has 0 spiro atoms. The van der Waals surface area contributed by atoms with Gasteiger partial charge in [0.1, 0.15) is 0 Å². The number of benzene rings is 1. The smallest absolute Gasteiger partial charge is 0.252 e. The third-order valence-corrected chi connectivity index (χ3v) is 5.23. The van der Waals surface area contributed by atoms with Crippen molar-refractivity contribution in [1.82, 2.24) is 14.9 Å². The van der Waals surface area contributed by atoms with Crippen molar-refractivity contribution in [3.05, 3.63) is 58.0 Å². The quantitative estimate of drug-likeness (QED) is 0.910. The van der Waals surface area contributed by atoms with Crippen LogP contribution < -0.4 is 10.5 Å². The predicted octanol–water partition coefficient (Wildman–Crippen LogP) is 1.99. The van der Waals surface area contributed by atoms with Crippen LogP contribution >= 0.6 is 0 Å². The molecule has 1 unspecified atom stereocenters. The van der Waals surface area contributed by atoms with Crippen LogP contribution in [0.15, 0.2) is 41.2 Å². The number of aromatic amines is 1. The highest BCUT2D eigenvalue weighted by Crippen LogP contribution is 2.26. The van der Waals surface area contributed by atoms with Crippen LogP contribution in [-0.4, -0.2) is 54.3 Å². The molecule has 138 valence electrons. The van der Waals surface area contributed by atoms with Crippen molar-refractivity contribution >= 4 is 5.95 Å². The molecule has 1 N–H and O–H groups in total. The topological polar surface area (TPSA) is 61.5 Å². The van der Waals surface area contributed by atoms with Gasteiger partial charge in [0.05, 0.1) is 18.9 Å². The first-order chi connectivity index (χ1) is 12.8. The Bertz CT molecular complexity index is 771. The van der Waals surface area contributed by atoms with Crippen LogP contribution in [0.2, 0.25) is 0 Å². The van der Waals surface area contributed by atoms with Crippen LogP contribution in [-0.2, 0) is 11.3 Å². The number of piperidine rings is 1. The highest BCUT2D eigenvalue weighted by Gasteiger charge is 2.24. The van der Waals surface area contributed by atoms with E-state index in [1.165, 1.54) is 5.56 Å². The van der Waals surface area contributed by atoms with Gasteiger partial charge in [0.15, 0.2) is 0 Å². The van der Waals surface area contributed by atoms with Crippen molar-refractivity contribution in [2.45, 2.75) is 25.3 Å². The third-order valence-electron chi connectivity index (χ3n) is 5.23. The molecule has 26 heavy (non-hydrogen) atoms. The molecule has 1 aromatic heterocycles. The van der Waals surface area contributed by atoms with Crippen molar-refractivity contribution in [2.75, 3.05) is 44.3 Å². The molecule has 6 nitrogen and oxygen atoms in total. The van der Waals surface area contributed by atoms with Crippen LogP contribution in [0.25, 0.3) is 0 Å². The van der Waals surface area contributed by atoms with Gasteiger partial charge in [-0.2, -0.15) is 0 Å². The number of H-pyrrole nitrogens is 1. The standard InChI is InChI=1S/C20H26N4O2/c25-19-13-18(21-20(22-19)24-9-11-26-12-10-24)17-7-4-8-23(15-17)14-16-5-2-1-3-6-16/h1-3,5-6,13,17H,4,7-12,14-15H2,(H,21,22,25). The summed E-state index contributed by atoms with van der Waals surface area (Å²) in [6.07, 6.45) is 2.23. The first kappa shape index (κ1) is 17.2. The van der Waals surface area contributed by atoms with Crippen LogP contribution in [0.3, 0.4) is 0 Å². The van der Waals surface area contributed by atoms with Crippen molar-refractivity contribution in [3.8, 4) is 0 Å². The fraction of sp³-hybridized carbons (Fsp3) is 0.500. The Morgan fingerprint density at radius 2 is 1.96 bits per heavy atom.